The summed E-state index contributed by atoms with van der Waals surface area (Å²) in [7, 11) is -3.69. The Bertz CT molecular complexity index is 1540. The third kappa shape index (κ3) is 6.92. The smallest absolute Gasteiger partial charge is 0.343 e. The van der Waals surface area contributed by atoms with Crippen LogP contribution in [0.4, 0.5) is 5.69 Å². The summed E-state index contributed by atoms with van der Waals surface area (Å²) in [6.07, 6.45) is 2.53. The van der Waals surface area contributed by atoms with Gasteiger partial charge in [0, 0.05) is 0 Å². The summed E-state index contributed by atoms with van der Waals surface area (Å²) in [6, 6.07) is 30.8. The molecule has 1 amide bonds. The highest BCUT2D eigenvalue weighted by atomic mass is 32.2. The van der Waals surface area contributed by atoms with Crippen LogP contribution in [0.3, 0.4) is 0 Å². The van der Waals surface area contributed by atoms with Crippen molar-refractivity contribution in [2.45, 2.75) is 6.54 Å². The lowest BCUT2D eigenvalue weighted by molar-refractivity contribution is 0.0734. The van der Waals surface area contributed by atoms with E-state index < -0.39 is 21.9 Å². The zero-order valence-corrected chi connectivity index (χ0v) is 21.3. The number of benzene rings is 4. The summed E-state index contributed by atoms with van der Waals surface area (Å²) in [5, 5.41) is 4.00. The second-order valence-corrected chi connectivity index (χ2v) is 10.2. The van der Waals surface area contributed by atoms with Crippen LogP contribution in [0.1, 0.15) is 31.8 Å². The van der Waals surface area contributed by atoms with E-state index in [1.54, 1.807) is 72.8 Å². The molecule has 0 aliphatic heterocycles. The molecule has 0 saturated heterocycles. The molecule has 0 unspecified atom stereocenters. The minimum atomic E-state index is -3.69. The van der Waals surface area contributed by atoms with Gasteiger partial charge in [0.05, 0.1) is 35.8 Å². The van der Waals surface area contributed by atoms with Crippen molar-refractivity contribution < 1.29 is 22.7 Å². The van der Waals surface area contributed by atoms with E-state index in [9.17, 15) is 18.0 Å². The van der Waals surface area contributed by atoms with Crippen LogP contribution in [-0.4, -0.2) is 32.8 Å². The second kappa shape index (κ2) is 12.0. The Morgan fingerprint density at radius 1 is 0.842 bits per heavy atom. The zero-order chi connectivity index (χ0) is 27.0. The first-order valence-electron chi connectivity index (χ1n) is 11.6. The number of para-hydroxylation sites is 1. The SMILES string of the molecule is CS(=O)(=O)N(Cc1ccccc1)c1ccccc1C(=O)N/N=C\c1ccc(OC(=O)c2ccccc2)cc1. The van der Waals surface area contributed by atoms with Crippen LogP contribution in [0.5, 0.6) is 5.75 Å². The lowest BCUT2D eigenvalue weighted by atomic mass is 10.1. The van der Waals surface area contributed by atoms with E-state index in [2.05, 4.69) is 10.5 Å². The third-order valence-electron chi connectivity index (χ3n) is 5.47. The molecule has 4 aromatic rings. The van der Waals surface area contributed by atoms with E-state index in [0.29, 0.717) is 16.9 Å². The van der Waals surface area contributed by atoms with Crippen molar-refractivity contribution in [2.24, 2.45) is 5.10 Å². The van der Waals surface area contributed by atoms with Gasteiger partial charge in [0.2, 0.25) is 10.0 Å². The summed E-state index contributed by atoms with van der Waals surface area (Å²) in [6.45, 7) is 0.0778. The molecule has 0 heterocycles. The van der Waals surface area contributed by atoms with Crippen LogP contribution in [0, 0.1) is 0 Å². The molecule has 9 heteroatoms. The summed E-state index contributed by atoms with van der Waals surface area (Å²) in [4.78, 5) is 25.1. The molecule has 0 radical (unpaired) electrons. The van der Waals surface area contributed by atoms with Gasteiger partial charge in [-0.2, -0.15) is 5.10 Å². The number of hydrogen-bond acceptors (Lipinski definition) is 6. The maximum absolute atomic E-state index is 12.9. The van der Waals surface area contributed by atoms with Crippen molar-refractivity contribution >= 4 is 33.8 Å². The Labute approximate surface area is 221 Å². The number of nitrogens with one attached hydrogen (secondary N) is 1. The highest BCUT2D eigenvalue weighted by Crippen LogP contribution is 2.25. The second-order valence-electron chi connectivity index (χ2n) is 8.30. The van der Waals surface area contributed by atoms with Gasteiger partial charge >= 0.3 is 5.97 Å². The summed E-state index contributed by atoms with van der Waals surface area (Å²) >= 11 is 0. The average molecular weight is 528 g/mol. The van der Waals surface area contributed by atoms with Crippen molar-refractivity contribution in [1.29, 1.82) is 0 Å². The zero-order valence-electron chi connectivity index (χ0n) is 20.5. The number of carbonyl (C=O) groups is 2. The number of sulfonamides is 1. The maximum Gasteiger partial charge on any atom is 0.343 e. The third-order valence-corrected chi connectivity index (χ3v) is 6.59. The number of carbonyl (C=O) groups excluding carboxylic acids is 2. The monoisotopic (exact) mass is 527 g/mol. The Kier molecular flexibility index (Phi) is 8.30. The predicted octanol–water partition coefficient (Wildman–Crippen LogP) is 4.64. The van der Waals surface area contributed by atoms with Crippen molar-refractivity contribution in [3.63, 3.8) is 0 Å². The molecule has 192 valence electrons. The Morgan fingerprint density at radius 2 is 1.45 bits per heavy atom. The molecule has 0 spiro atoms. The van der Waals surface area contributed by atoms with E-state index in [0.717, 1.165) is 11.8 Å². The van der Waals surface area contributed by atoms with Crippen molar-refractivity contribution in [1.82, 2.24) is 5.43 Å². The number of hydrazone groups is 1. The number of nitrogens with zero attached hydrogens (tertiary/aromatic N) is 2. The topological polar surface area (TPSA) is 105 Å². The molecule has 4 rings (SSSR count). The fourth-order valence-electron chi connectivity index (χ4n) is 3.60. The molecule has 38 heavy (non-hydrogen) atoms. The Balaban J connectivity index is 1.44. The molecule has 8 nitrogen and oxygen atoms in total. The van der Waals surface area contributed by atoms with Crippen molar-refractivity contribution in [3.05, 3.63) is 131 Å². The van der Waals surface area contributed by atoms with Crippen LogP contribution in [0.2, 0.25) is 0 Å². The van der Waals surface area contributed by atoms with Crippen LogP contribution >= 0.6 is 0 Å². The number of amides is 1. The Morgan fingerprint density at radius 3 is 2.11 bits per heavy atom. The number of anilines is 1. The van der Waals surface area contributed by atoms with Gasteiger partial charge in [-0.15, -0.1) is 0 Å². The first kappa shape index (κ1) is 26.3. The van der Waals surface area contributed by atoms with E-state index in [4.69, 9.17) is 4.74 Å². The fraction of sp³-hybridized carbons (Fsp3) is 0.0690. The number of hydrogen-bond donors (Lipinski definition) is 1. The van der Waals surface area contributed by atoms with Crippen LogP contribution in [-0.2, 0) is 16.6 Å². The molecule has 1 N–H and O–H groups in total. The van der Waals surface area contributed by atoms with Crippen molar-refractivity contribution in [3.8, 4) is 5.75 Å². The molecule has 0 aliphatic carbocycles. The summed E-state index contributed by atoms with van der Waals surface area (Å²) in [5.74, 6) is -0.659. The van der Waals surface area contributed by atoms with Crippen LogP contribution in [0.15, 0.2) is 114 Å². The number of esters is 1. The predicted molar refractivity (Wildman–Crippen MR) is 147 cm³/mol. The van der Waals surface area contributed by atoms with Gasteiger partial charge < -0.3 is 4.74 Å². The molecule has 0 saturated carbocycles. The lowest BCUT2D eigenvalue weighted by Gasteiger charge is -2.24. The van der Waals surface area contributed by atoms with Gasteiger partial charge in [-0.25, -0.2) is 18.6 Å². The molecule has 0 bridgehead atoms. The molecular formula is C29H25N3O5S. The molecule has 4 aromatic carbocycles. The van der Waals surface area contributed by atoms with Gasteiger partial charge in [-0.3, -0.25) is 9.10 Å². The molecule has 0 aliphatic rings. The van der Waals surface area contributed by atoms with E-state index in [1.807, 2.05) is 36.4 Å². The molecule has 0 fully saturated rings. The first-order valence-corrected chi connectivity index (χ1v) is 13.5. The minimum Gasteiger partial charge on any atom is -0.423 e. The van der Waals surface area contributed by atoms with Gasteiger partial charge in [0.15, 0.2) is 0 Å². The number of rotatable bonds is 9. The quantitative estimate of drug-likeness (QED) is 0.148. The summed E-state index contributed by atoms with van der Waals surface area (Å²) in [5.41, 5.74) is 4.74. The standard InChI is InChI=1S/C29H25N3O5S/c1-38(35,36)32(21-23-10-4-2-5-11-23)27-15-9-8-14-26(27)28(33)31-30-20-22-16-18-25(19-17-22)37-29(34)24-12-6-3-7-13-24/h2-20H,21H2,1H3,(H,31,33)/b30-20-. The van der Waals surface area contributed by atoms with Gasteiger partial charge in [-0.05, 0) is 59.7 Å². The normalized spacial score (nSPS) is 11.2. The summed E-state index contributed by atoms with van der Waals surface area (Å²) < 4.78 is 31.8. The number of ether oxygens (including phenoxy) is 1. The largest absolute Gasteiger partial charge is 0.423 e. The van der Waals surface area contributed by atoms with E-state index in [-0.39, 0.29) is 17.8 Å². The van der Waals surface area contributed by atoms with Crippen LogP contribution in [0.25, 0.3) is 0 Å². The minimum absolute atomic E-state index is 0.0778. The van der Waals surface area contributed by atoms with Crippen molar-refractivity contribution in [2.75, 3.05) is 10.6 Å². The molecular weight excluding hydrogens is 502 g/mol. The highest BCUT2D eigenvalue weighted by molar-refractivity contribution is 7.92. The van der Waals surface area contributed by atoms with Crippen LogP contribution < -0.4 is 14.5 Å². The first-order chi connectivity index (χ1) is 18.3. The molecule has 0 atom stereocenters. The maximum atomic E-state index is 12.9. The van der Waals surface area contributed by atoms with Gasteiger partial charge in [0.1, 0.15) is 5.75 Å². The van der Waals surface area contributed by atoms with Gasteiger partial charge in [0.25, 0.3) is 5.91 Å². The van der Waals surface area contributed by atoms with E-state index >= 15 is 0 Å². The van der Waals surface area contributed by atoms with E-state index in [1.165, 1.54) is 10.5 Å². The highest BCUT2D eigenvalue weighted by Gasteiger charge is 2.23. The lowest BCUT2D eigenvalue weighted by Crippen LogP contribution is -2.32. The van der Waals surface area contributed by atoms with Gasteiger partial charge in [-0.1, -0.05) is 60.7 Å². The Hall–Kier alpha value is -4.76. The fourth-order valence-corrected chi connectivity index (χ4v) is 4.50. The molecule has 0 aromatic heterocycles. The average Bonchev–Trinajstić information content (AvgIpc) is 2.93.